The first-order valence-electron chi connectivity index (χ1n) is 10.8. The molecular formula is C21H30N4O4S. The first-order chi connectivity index (χ1) is 14.4. The highest BCUT2D eigenvalue weighted by atomic mass is 32.2. The summed E-state index contributed by atoms with van der Waals surface area (Å²) in [6, 6.07) is 1.56. The average molecular weight is 435 g/mol. The first kappa shape index (κ1) is 21.4. The van der Waals surface area contributed by atoms with Gasteiger partial charge in [-0.3, -0.25) is 14.6 Å². The molecule has 0 bridgehead atoms. The van der Waals surface area contributed by atoms with E-state index >= 15 is 0 Å². The van der Waals surface area contributed by atoms with Crippen LogP contribution in [-0.4, -0.2) is 65.5 Å². The molecule has 3 heterocycles. The van der Waals surface area contributed by atoms with Crippen LogP contribution in [0.25, 0.3) is 0 Å². The quantitative estimate of drug-likeness (QED) is 0.716. The minimum Gasteiger partial charge on any atom is -0.330 e. The molecule has 30 heavy (non-hydrogen) atoms. The van der Waals surface area contributed by atoms with Gasteiger partial charge >= 0.3 is 0 Å². The van der Waals surface area contributed by atoms with Gasteiger partial charge in [-0.15, -0.1) is 0 Å². The van der Waals surface area contributed by atoms with Crippen molar-refractivity contribution < 1.29 is 18.0 Å². The largest absolute Gasteiger partial charge is 0.330 e. The van der Waals surface area contributed by atoms with Crippen molar-refractivity contribution >= 4 is 21.7 Å². The number of Topliss-reactive ketones (excluding diaryl/α,β-unsaturated/α-hetero) is 1. The number of aromatic nitrogens is 1. The minimum absolute atomic E-state index is 0.181. The van der Waals surface area contributed by atoms with E-state index in [0.29, 0.717) is 30.9 Å². The Kier molecular flexibility index (Phi) is 6.22. The van der Waals surface area contributed by atoms with E-state index in [2.05, 4.69) is 4.98 Å². The molecule has 2 N–H and O–H groups in total. The highest BCUT2D eigenvalue weighted by molar-refractivity contribution is 7.88. The van der Waals surface area contributed by atoms with Gasteiger partial charge in [-0.25, -0.2) is 8.42 Å². The summed E-state index contributed by atoms with van der Waals surface area (Å²) in [5.74, 6) is -0.169. The number of sulfonamides is 1. The van der Waals surface area contributed by atoms with E-state index in [4.69, 9.17) is 5.73 Å². The Morgan fingerprint density at radius 1 is 1.23 bits per heavy atom. The van der Waals surface area contributed by atoms with Crippen LogP contribution in [0.2, 0.25) is 0 Å². The molecule has 8 nitrogen and oxygen atoms in total. The molecule has 2 aliphatic heterocycles. The maximum atomic E-state index is 13.0. The zero-order valence-electron chi connectivity index (χ0n) is 17.2. The standard InChI is InChI=1S/C21H30N4O4S/c22-17(11-15-5-2-1-3-6-15)21(27)24-10-8-18-20(24)19(26)13-25(18)30(28,29)14-16-7-4-9-23-12-16/h4,7,9,12,15,17-18,20H,1-3,5-6,8,10-11,13-14,22H2. The molecule has 9 heteroatoms. The SMILES string of the molecule is NC(CC1CCCCC1)C(=O)N1CCC2C1C(=O)CN2S(=O)(=O)Cc1cccnc1. The molecule has 4 rings (SSSR count). The van der Waals surface area contributed by atoms with Crippen molar-refractivity contribution in [3.05, 3.63) is 30.1 Å². The second-order valence-corrected chi connectivity index (χ2v) is 10.7. The summed E-state index contributed by atoms with van der Waals surface area (Å²) in [5, 5.41) is 0. The molecule has 1 saturated carbocycles. The zero-order valence-corrected chi connectivity index (χ0v) is 18.0. The average Bonchev–Trinajstić information content (AvgIpc) is 3.30. The number of ketones is 1. The van der Waals surface area contributed by atoms with Crippen LogP contribution in [0.4, 0.5) is 0 Å². The summed E-state index contributed by atoms with van der Waals surface area (Å²) in [4.78, 5) is 31.3. The van der Waals surface area contributed by atoms with E-state index < -0.39 is 28.1 Å². The molecule has 3 aliphatic rings. The van der Waals surface area contributed by atoms with Crippen LogP contribution in [0.1, 0.15) is 50.5 Å². The van der Waals surface area contributed by atoms with E-state index in [1.807, 2.05) is 0 Å². The topological polar surface area (TPSA) is 114 Å². The molecule has 0 spiro atoms. The van der Waals surface area contributed by atoms with Crippen molar-refractivity contribution in [2.45, 2.75) is 68.8 Å². The molecule has 1 amide bonds. The van der Waals surface area contributed by atoms with Crippen LogP contribution in [0.3, 0.4) is 0 Å². The van der Waals surface area contributed by atoms with Crippen LogP contribution in [-0.2, 0) is 25.4 Å². The number of fused-ring (bicyclic) bond motifs is 1. The lowest BCUT2D eigenvalue weighted by molar-refractivity contribution is -0.137. The second kappa shape index (κ2) is 8.72. The Morgan fingerprint density at radius 2 is 2.00 bits per heavy atom. The molecule has 3 unspecified atom stereocenters. The van der Waals surface area contributed by atoms with Crippen molar-refractivity contribution in [3.8, 4) is 0 Å². The first-order valence-corrected chi connectivity index (χ1v) is 12.4. The van der Waals surface area contributed by atoms with Crippen molar-refractivity contribution in [1.82, 2.24) is 14.2 Å². The van der Waals surface area contributed by atoms with E-state index in [0.717, 1.165) is 12.8 Å². The summed E-state index contributed by atoms with van der Waals surface area (Å²) in [6.45, 7) is 0.191. The number of carbonyl (C=O) groups is 2. The fraction of sp³-hybridized carbons (Fsp3) is 0.667. The van der Waals surface area contributed by atoms with Gasteiger partial charge in [-0.1, -0.05) is 38.2 Å². The Balaban J connectivity index is 1.44. The number of hydrogen-bond acceptors (Lipinski definition) is 6. The van der Waals surface area contributed by atoms with Crippen LogP contribution >= 0.6 is 0 Å². The third kappa shape index (κ3) is 4.29. The number of carbonyl (C=O) groups excluding carboxylic acids is 2. The number of likely N-dealkylation sites (tertiary alicyclic amines) is 1. The lowest BCUT2D eigenvalue weighted by Crippen LogP contribution is -2.50. The van der Waals surface area contributed by atoms with Gasteiger partial charge in [0.15, 0.2) is 5.78 Å². The van der Waals surface area contributed by atoms with Gasteiger partial charge in [0, 0.05) is 18.9 Å². The summed E-state index contributed by atoms with van der Waals surface area (Å²) >= 11 is 0. The number of rotatable bonds is 6. The lowest BCUT2D eigenvalue weighted by Gasteiger charge is -2.29. The molecule has 2 saturated heterocycles. The van der Waals surface area contributed by atoms with Gasteiger partial charge in [0.2, 0.25) is 15.9 Å². The fourth-order valence-electron chi connectivity index (χ4n) is 5.25. The second-order valence-electron chi connectivity index (χ2n) is 8.81. The summed E-state index contributed by atoms with van der Waals surface area (Å²) < 4.78 is 27.2. The Hall–Kier alpha value is -1.84. The highest BCUT2D eigenvalue weighted by Crippen LogP contribution is 2.34. The predicted molar refractivity (Wildman–Crippen MR) is 112 cm³/mol. The third-order valence-corrected chi connectivity index (χ3v) is 8.53. The number of hydrogen-bond donors (Lipinski definition) is 1. The number of amides is 1. The van der Waals surface area contributed by atoms with Crippen LogP contribution in [0.5, 0.6) is 0 Å². The number of pyridine rings is 1. The van der Waals surface area contributed by atoms with Gasteiger partial charge < -0.3 is 10.6 Å². The predicted octanol–water partition coefficient (Wildman–Crippen LogP) is 1.06. The molecule has 0 aromatic carbocycles. The normalized spacial score (nSPS) is 26.7. The van der Waals surface area contributed by atoms with E-state index in [1.54, 1.807) is 23.2 Å². The molecule has 3 atom stereocenters. The Morgan fingerprint density at radius 3 is 2.70 bits per heavy atom. The summed E-state index contributed by atoms with van der Waals surface area (Å²) in [6.07, 6.45) is 10.0. The minimum atomic E-state index is -3.69. The maximum absolute atomic E-state index is 13.0. The van der Waals surface area contributed by atoms with Gasteiger partial charge in [0.05, 0.1) is 24.4 Å². The fourth-order valence-corrected chi connectivity index (χ4v) is 6.97. The molecule has 1 aromatic heterocycles. The maximum Gasteiger partial charge on any atom is 0.240 e. The van der Waals surface area contributed by atoms with E-state index in [9.17, 15) is 18.0 Å². The summed E-state index contributed by atoms with van der Waals surface area (Å²) in [7, 11) is -3.69. The molecular weight excluding hydrogens is 404 g/mol. The Labute approximate surface area is 177 Å². The lowest BCUT2D eigenvalue weighted by atomic mass is 9.84. The van der Waals surface area contributed by atoms with Crippen molar-refractivity contribution in [2.24, 2.45) is 11.7 Å². The van der Waals surface area contributed by atoms with E-state index in [1.165, 1.54) is 29.8 Å². The molecule has 3 fully saturated rings. The van der Waals surface area contributed by atoms with Crippen molar-refractivity contribution in [1.29, 1.82) is 0 Å². The van der Waals surface area contributed by atoms with Crippen LogP contribution in [0.15, 0.2) is 24.5 Å². The molecule has 164 valence electrons. The number of nitrogens with zero attached hydrogens (tertiary/aromatic N) is 3. The summed E-state index contributed by atoms with van der Waals surface area (Å²) in [5.41, 5.74) is 6.82. The highest BCUT2D eigenvalue weighted by Gasteiger charge is 2.53. The number of nitrogens with two attached hydrogens (primary N) is 1. The monoisotopic (exact) mass is 434 g/mol. The Bertz CT molecular complexity index is 886. The van der Waals surface area contributed by atoms with E-state index in [-0.39, 0.29) is 24.0 Å². The van der Waals surface area contributed by atoms with Gasteiger partial charge in [-0.2, -0.15) is 4.31 Å². The third-order valence-electron chi connectivity index (χ3n) is 6.72. The van der Waals surface area contributed by atoms with Crippen LogP contribution in [0, 0.1) is 5.92 Å². The molecule has 1 aliphatic carbocycles. The zero-order chi connectivity index (χ0) is 21.3. The van der Waals surface area contributed by atoms with Crippen molar-refractivity contribution in [2.75, 3.05) is 13.1 Å². The van der Waals surface area contributed by atoms with Gasteiger partial charge in [0.1, 0.15) is 6.04 Å². The molecule has 1 aromatic rings. The van der Waals surface area contributed by atoms with Gasteiger partial charge in [0.25, 0.3) is 0 Å². The van der Waals surface area contributed by atoms with Crippen LogP contribution < -0.4 is 5.73 Å². The smallest absolute Gasteiger partial charge is 0.240 e. The molecule has 0 radical (unpaired) electrons. The van der Waals surface area contributed by atoms with Crippen molar-refractivity contribution in [3.63, 3.8) is 0 Å². The van der Waals surface area contributed by atoms with Gasteiger partial charge in [-0.05, 0) is 30.4 Å².